The Morgan fingerprint density at radius 3 is 3.00 bits per heavy atom. The van der Waals surface area contributed by atoms with Crippen molar-refractivity contribution in [3.63, 3.8) is 0 Å². The molecule has 1 aromatic rings. The van der Waals surface area contributed by atoms with Gasteiger partial charge in [0.2, 0.25) is 0 Å². The molecule has 6 nitrogen and oxygen atoms in total. The van der Waals surface area contributed by atoms with Gasteiger partial charge in [0.25, 0.3) is 0 Å². The summed E-state index contributed by atoms with van der Waals surface area (Å²) >= 11 is 0. The molecule has 0 aliphatic carbocycles. The molecule has 1 aromatic heterocycles. The second kappa shape index (κ2) is 6.85. The molecule has 0 radical (unpaired) electrons. The SMILES string of the molecule is CCCNCC1CCCN(C)C1c1ccc([N+](=O)[O-])o1. The molecule has 2 unspecified atom stereocenters. The van der Waals surface area contributed by atoms with Crippen LogP contribution in [-0.2, 0) is 0 Å². The normalized spacial score (nSPS) is 23.9. The summed E-state index contributed by atoms with van der Waals surface area (Å²) in [5.41, 5.74) is 0. The molecule has 1 fully saturated rings. The van der Waals surface area contributed by atoms with Crippen LogP contribution in [0.15, 0.2) is 16.5 Å². The maximum Gasteiger partial charge on any atom is 0.433 e. The monoisotopic (exact) mass is 281 g/mol. The molecule has 0 spiro atoms. The van der Waals surface area contributed by atoms with Gasteiger partial charge in [-0.05, 0) is 57.9 Å². The highest BCUT2D eigenvalue weighted by molar-refractivity contribution is 5.21. The van der Waals surface area contributed by atoms with Gasteiger partial charge in [0.1, 0.15) is 10.7 Å². The third-order valence-corrected chi connectivity index (χ3v) is 3.92. The van der Waals surface area contributed by atoms with E-state index in [1.165, 1.54) is 6.07 Å². The van der Waals surface area contributed by atoms with Gasteiger partial charge in [-0.1, -0.05) is 6.92 Å². The highest BCUT2D eigenvalue weighted by Gasteiger charge is 2.33. The Hall–Kier alpha value is -1.40. The number of rotatable bonds is 6. The van der Waals surface area contributed by atoms with Gasteiger partial charge >= 0.3 is 5.88 Å². The van der Waals surface area contributed by atoms with Crippen LogP contribution in [0, 0.1) is 16.0 Å². The molecule has 0 bridgehead atoms. The van der Waals surface area contributed by atoms with Crippen LogP contribution in [0.5, 0.6) is 0 Å². The summed E-state index contributed by atoms with van der Waals surface area (Å²) < 4.78 is 5.42. The van der Waals surface area contributed by atoms with E-state index in [-0.39, 0.29) is 11.9 Å². The third kappa shape index (κ3) is 3.37. The fourth-order valence-corrected chi connectivity index (χ4v) is 2.99. The molecular formula is C14H23N3O3. The standard InChI is InChI=1S/C14H23N3O3/c1-3-8-15-10-11-5-4-9-16(2)14(11)12-6-7-13(20-12)17(18)19/h6-7,11,14-15H,3-5,8-10H2,1-2H3. The second-order valence-corrected chi connectivity index (χ2v) is 5.46. The van der Waals surface area contributed by atoms with E-state index in [1.54, 1.807) is 6.07 Å². The van der Waals surface area contributed by atoms with E-state index in [4.69, 9.17) is 4.42 Å². The highest BCUT2D eigenvalue weighted by atomic mass is 16.6. The summed E-state index contributed by atoms with van der Waals surface area (Å²) in [6, 6.07) is 3.33. The van der Waals surface area contributed by atoms with Crippen LogP contribution >= 0.6 is 0 Å². The number of nitrogens with zero attached hydrogens (tertiary/aromatic N) is 2. The number of hydrogen-bond donors (Lipinski definition) is 1. The van der Waals surface area contributed by atoms with Crippen molar-refractivity contribution in [1.29, 1.82) is 0 Å². The van der Waals surface area contributed by atoms with Crippen LogP contribution in [0.2, 0.25) is 0 Å². The molecule has 2 rings (SSSR count). The zero-order chi connectivity index (χ0) is 14.5. The Morgan fingerprint density at radius 2 is 2.35 bits per heavy atom. The Bertz CT molecular complexity index is 447. The van der Waals surface area contributed by atoms with E-state index in [0.717, 1.165) is 38.9 Å². The molecule has 112 valence electrons. The fraction of sp³-hybridized carbons (Fsp3) is 0.714. The van der Waals surface area contributed by atoms with Gasteiger partial charge in [0.15, 0.2) is 0 Å². The minimum Gasteiger partial charge on any atom is -0.404 e. The number of hydrogen-bond acceptors (Lipinski definition) is 5. The number of piperidine rings is 1. The fourth-order valence-electron chi connectivity index (χ4n) is 2.99. The van der Waals surface area contributed by atoms with Crippen LogP contribution in [0.1, 0.15) is 38.0 Å². The van der Waals surface area contributed by atoms with Crippen LogP contribution in [0.25, 0.3) is 0 Å². The predicted octanol–water partition coefficient (Wildman–Crippen LogP) is 2.57. The van der Waals surface area contributed by atoms with Gasteiger partial charge in [-0.15, -0.1) is 0 Å². The minimum absolute atomic E-state index is 0.127. The molecule has 1 N–H and O–H groups in total. The average molecular weight is 281 g/mol. The zero-order valence-corrected chi connectivity index (χ0v) is 12.2. The molecule has 0 saturated carbocycles. The number of nitrogens with one attached hydrogen (secondary N) is 1. The molecular weight excluding hydrogens is 258 g/mol. The maximum absolute atomic E-state index is 10.8. The Labute approximate surface area is 119 Å². The van der Waals surface area contributed by atoms with Crippen LogP contribution in [-0.4, -0.2) is 36.5 Å². The van der Waals surface area contributed by atoms with Crippen molar-refractivity contribution in [2.24, 2.45) is 5.92 Å². The molecule has 2 atom stereocenters. The quantitative estimate of drug-likeness (QED) is 0.493. The summed E-state index contributed by atoms with van der Waals surface area (Å²) in [5, 5.41) is 14.2. The first kappa shape index (κ1) is 15.0. The first-order valence-electron chi connectivity index (χ1n) is 7.28. The van der Waals surface area contributed by atoms with Crippen LogP contribution in [0.4, 0.5) is 5.88 Å². The summed E-state index contributed by atoms with van der Waals surface area (Å²) in [4.78, 5) is 12.5. The number of furan rings is 1. The summed E-state index contributed by atoms with van der Waals surface area (Å²) in [5.74, 6) is 0.979. The van der Waals surface area contributed by atoms with E-state index in [9.17, 15) is 10.1 Å². The summed E-state index contributed by atoms with van der Waals surface area (Å²) in [6.45, 7) is 5.08. The Balaban J connectivity index is 2.11. The van der Waals surface area contributed by atoms with Gasteiger partial charge < -0.3 is 9.73 Å². The summed E-state index contributed by atoms with van der Waals surface area (Å²) in [7, 11) is 2.06. The maximum atomic E-state index is 10.8. The molecule has 0 aromatic carbocycles. The van der Waals surface area contributed by atoms with E-state index in [1.807, 2.05) is 0 Å². The summed E-state index contributed by atoms with van der Waals surface area (Å²) in [6.07, 6.45) is 3.40. The zero-order valence-electron chi connectivity index (χ0n) is 12.2. The lowest BCUT2D eigenvalue weighted by Gasteiger charge is -2.38. The highest BCUT2D eigenvalue weighted by Crippen LogP contribution is 2.36. The second-order valence-electron chi connectivity index (χ2n) is 5.46. The molecule has 0 amide bonds. The van der Waals surface area contributed by atoms with Gasteiger partial charge in [-0.25, -0.2) is 0 Å². The van der Waals surface area contributed by atoms with Crippen molar-refractivity contribution in [3.8, 4) is 0 Å². The molecule has 6 heteroatoms. The lowest BCUT2D eigenvalue weighted by Crippen LogP contribution is -2.40. The number of likely N-dealkylation sites (tertiary alicyclic amines) is 1. The van der Waals surface area contributed by atoms with Crippen molar-refractivity contribution in [3.05, 3.63) is 28.0 Å². The molecule has 1 aliphatic rings. The van der Waals surface area contributed by atoms with E-state index in [2.05, 4.69) is 24.2 Å². The van der Waals surface area contributed by atoms with Gasteiger partial charge in [-0.2, -0.15) is 0 Å². The van der Waals surface area contributed by atoms with E-state index in [0.29, 0.717) is 11.7 Å². The van der Waals surface area contributed by atoms with Crippen molar-refractivity contribution in [2.45, 2.75) is 32.2 Å². The van der Waals surface area contributed by atoms with Crippen LogP contribution in [0.3, 0.4) is 0 Å². The van der Waals surface area contributed by atoms with E-state index >= 15 is 0 Å². The predicted molar refractivity (Wildman–Crippen MR) is 76.6 cm³/mol. The molecule has 20 heavy (non-hydrogen) atoms. The molecule has 1 saturated heterocycles. The van der Waals surface area contributed by atoms with Crippen LogP contribution < -0.4 is 5.32 Å². The first-order chi connectivity index (χ1) is 9.63. The van der Waals surface area contributed by atoms with Crippen molar-refractivity contribution < 1.29 is 9.34 Å². The molecule has 2 heterocycles. The number of nitro groups is 1. The van der Waals surface area contributed by atoms with Gasteiger partial charge in [-0.3, -0.25) is 15.0 Å². The minimum atomic E-state index is -0.476. The third-order valence-electron chi connectivity index (χ3n) is 3.92. The topological polar surface area (TPSA) is 71.5 Å². The Kier molecular flexibility index (Phi) is 5.14. The van der Waals surface area contributed by atoms with Crippen molar-refractivity contribution >= 4 is 5.88 Å². The van der Waals surface area contributed by atoms with E-state index < -0.39 is 4.92 Å². The molecule has 1 aliphatic heterocycles. The first-order valence-corrected chi connectivity index (χ1v) is 7.28. The average Bonchev–Trinajstić information content (AvgIpc) is 2.88. The lowest BCUT2D eigenvalue weighted by atomic mass is 9.88. The van der Waals surface area contributed by atoms with Gasteiger partial charge in [0.05, 0.1) is 12.1 Å². The lowest BCUT2D eigenvalue weighted by molar-refractivity contribution is -0.402. The largest absolute Gasteiger partial charge is 0.433 e. The smallest absolute Gasteiger partial charge is 0.404 e. The van der Waals surface area contributed by atoms with Crippen molar-refractivity contribution in [1.82, 2.24) is 10.2 Å². The van der Waals surface area contributed by atoms with Gasteiger partial charge in [0, 0.05) is 0 Å². The Morgan fingerprint density at radius 1 is 1.55 bits per heavy atom. The van der Waals surface area contributed by atoms with Crippen molar-refractivity contribution in [2.75, 3.05) is 26.7 Å².